The molecule has 0 aromatic carbocycles. The minimum Gasteiger partial charge on any atom is -0.0149 e. The first-order valence-corrected chi connectivity index (χ1v) is 0. The molecule has 0 aliphatic rings. The van der Waals surface area contributed by atoms with Gasteiger partial charge in [0.2, 0.25) is 0 Å². The van der Waals surface area contributed by atoms with Crippen LogP contribution in [0.5, 0.6) is 0 Å². The summed E-state index contributed by atoms with van der Waals surface area (Å²) in [5.41, 5.74) is 0. The summed E-state index contributed by atoms with van der Waals surface area (Å²) in [6.45, 7) is 0. The fraction of sp³-hybridized carbons (Fsp3) is 0. The number of hydrogen-bond donors (Lipinski definition) is 0. The van der Waals surface area contributed by atoms with Crippen LogP contribution in [0, 0.1) is 0 Å². The predicted molar refractivity (Wildman–Crippen MR) is 45.3 cm³/mol. The normalized spacial score (nSPS) is 0. The van der Waals surface area contributed by atoms with Crippen LogP contribution in [0.1, 0.15) is 0 Å². The number of rotatable bonds is 0. The van der Waals surface area contributed by atoms with E-state index in [1.165, 1.54) is 0 Å². The van der Waals surface area contributed by atoms with Crippen molar-refractivity contribution in [2.24, 2.45) is 0 Å². The van der Waals surface area contributed by atoms with Gasteiger partial charge in [0.25, 0.3) is 0 Å². The topological polar surface area (TPSA) is 0 Å². The largest absolute Gasteiger partial charge is 0.0149 e. The van der Waals surface area contributed by atoms with E-state index in [4.69, 9.17) is 0 Å². The van der Waals surface area contributed by atoms with Crippen molar-refractivity contribution >= 4 is 57.1 Å². The predicted octanol–water partition coefficient (Wildman–Crippen LogP) is -5.81. The van der Waals surface area contributed by atoms with Crippen molar-refractivity contribution in [1.29, 1.82) is 0 Å². The molecule has 4 heavy (non-hydrogen) atoms. The van der Waals surface area contributed by atoms with Gasteiger partial charge in [0, 0.05) is 0 Å². The van der Waals surface area contributed by atoms with Gasteiger partial charge in [-0.2, -0.15) is 0 Å². The van der Waals surface area contributed by atoms with Gasteiger partial charge < -0.3 is 0 Å². The van der Waals surface area contributed by atoms with Crippen LogP contribution < -0.4 is 0 Å². The maximum atomic E-state index is 0. The maximum Gasteiger partial charge on any atom is -0.0149 e. The van der Waals surface area contributed by atoms with Crippen LogP contribution >= 0.6 is 0 Å². The van der Waals surface area contributed by atoms with E-state index in [9.17, 15) is 0 Å². The molecule has 0 amide bonds. The zero-order valence-corrected chi connectivity index (χ0v) is 0. The summed E-state index contributed by atoms with van der Waals surface area (Å²) < 4.78 is 0. The summed E-state index contributed by atoms with van der Waals surface area (Å²) in [6, 6.07) is 0. The van der Waals surface area contributed by atoms with Gasteiger partial charge in [0.1, 0.15) is 0 Å². The summed E-state index contributed by atoms with van der Waals surface area (Å²) in [5.74, 6) is 0. The third-order valence-electron chi connectivity index (χ3n) is 0. The smallest absolute Gasteiger partial charge is 0.0149 e. The molecule has 0 aliphatic carbocycles. The van der Waals surface area contributed by atoms with E-state index < -0.39 is 0 Å². The molecule has 0 radical (unpaired) electrons. The molecule has 0 nitrogen and oxygen atoms in total. The molecule has 0 aromatic heterocycles. The Morgan fingerprint density at radius 2 is 0.500 bits per heavy atom. The molecule has 0 rings (SSSR count). The van der Waals surface area contributed by atoms with Crippen LogP contribution in [0.3, 0.4) is 0 Å². The molecule has 0 saturated carbocycles. The first kappa shape index (κ1) is 48.8. The van der Waals surface area contributed by atoms with Crippen molar-refractivity contribution in [3.63, 3.8) is 0 Å². The summed E-state index contributed by atoms with van der Waals surface area (Å²) >= 11 is 0. The van der Waals surface area contributed by atoms with Gasteiger partial charge in [-0.15, -0.1) is 0 Å². The Labute approximate surface area is 57.1 Å². The summed E-state index contributed by atoms with van der Waals surface area (Å²) in [6.07, 6.45) is 0. The first-order valence-electron chi connectivity index (χ1n) is 0. The van der Waals surface area contributed by atoms with Crippen LogP contribution in [-0.4, -0.2) is 57.1 Å². The Morgan fingerprint density at radius 3 is 0.500 bits per heavy atom. The van der Waals surface area contributed by atoms with Gasteiger partial charge in [-0.1, -0.05) is 0 Å². The third-order valence-corrected chi connectivity index (χ3v) is 0. The minimum absolute atomic E-state index is 0. The second kappa shape index (κ2) is 24.2. The molecule has 0 bridgehead atoms. The van der Waals surface area contributed by atoms with Gasteiger partial charge in [-0.3, -0.25) is 0 Å². The van der Waals surface area contributed by atoms with E-state index in [0.717, 1.165) is 0 Å². The molecular weight excluding hydrogens is 201 g/mol. The van der Waals surface area contributed by atoms with Crippen LogP contribution in [-0.2, 0) is 0 Å². The Morgan fingerprint density at radius 1 is 0.500 bits per heavy atom. The molecule has 0 heterocycles. The minimum atomic E-state index is 0. The van der Waals surface area contributed by atoms with Crippen molar-refractivity contribution in [2.45, 2.75) is 0 Å². The summed E-state index contributed by atoms with van der Waals surface area (Å²) in [7, 11) is 0. The first-order chi connectivity index (χ1) is 0. The SMILES string of the molecule is [GeH4].[GeH4].[SiH4].[SiH4]. The molecule has 0 atom stereocenters. The fourth-order valence-corrected chi connectivity index (χ4v) is 0. The van der Waals surface area contributed by atoms with Crippen molar-refractivity contribution in [3.05, 3.63) is 0 Å². The van der Waals surface area contributed by atoms with Crippen molar-refractivity contribution in [1.82, 2.24) is 0 Å². The van der Waals surface area contributed by atoms with E-state index in [0.29, 0.717) is 0 Å². The van der Waals surface area contributed by atoms with Gasteiger partial charge in [-0.05, 0) is 21.9 Å². The van der Waals surface area contributed by atoms with Crippen molar-refractivity contribution in [2.75, 3.05) is 0 Å². The molecule has 0 aromatic rings. The average molecular weight is 218 g/mol. The molecule has 0 saturated heterocycles. The van der Waals surface area contributed by atoms with Crippen molar-refractivity contribution < 1.29 is 0 Å². The molecule has 0 N–H and O–H groups in total. The molecule has 0 fully saturated rings. The zero-order chi connectivity index (χ0) is 0. The van der Waals surface area contributed by atoms with Crippen LogP contribution in [0.25, 0.3) is 0 Å². The zero-order valence-electron chi connectivity index (χ0n) is 0. The van der Waals surface area contributed by atoms with E-state index in [2.05, 4.69) is 0 Å². The van der Waals surface area contributed by atoms with Gasteiger partial charge >= 0.3 is 35.2 Å². The Kier molecular flexibility index (Phi) is 296. The van der Waals surface area contributed by atoms with Gasteiger partial charge in [0.15, 0.2) is 0 Å². The van der Waals surface area contributed by atoms with E-state index in [-0.39, 0.29) is 57.1 Å². The monoisotopic (exact) mass is 220 g/mol. The van der Waals surface area contributed by atoms with E-state index in [1.807, 2.05) is 0 Å². The Balaban J connectivity index is 0. The molecule has 4 heteroatoms. The van der Waals surface area contributed by atoms with E-state index >= 15 is 0 Å². The van der Waals surface area contributed by atoms with Crippen LogP contribution in [0.2, 0.25) is 0 Å². The Hall–Kier alpha value is 1.52. The summed E-state index contributed by atoms with van der Waals surface area (Å²) in [4.78, 5) is 0. The standard InChI is InChI=1S/2GeH4.2H4Si/h4*1H4. The Bertz CT molecular complexity index is 4.00. The second-order valence-electron chi connectivity index (χ2n) is 0. The molecular formula is H16Ge2Si2. The third kappa shape index (κ3) is 9.68. The van der Waals surface area contributed by atoms with Crippen LogP contribution in [0.15, 0.2) is 0 Å². The maximum absolute atomic E-state index is 0. The van der Waals surface area contributed by atoms with Crippen LogP contribution in [0.4, 0.5) is 0 Å². The summed E-state index contributed by atoms with van der Waals surface area (Å²) in [5, 5.41) is 0. The van der Waals surface area contributed by atoms with E-state index in [1.54, 1.807) is 0 Å². The average Bonchev–Trinajstić information content (AvgIpc) is 0. The van der Waals surface area contributed by atoms with Gasteiger partial charge in [-0.25, -0.2) is 0 Å². The fourth-order valence-electron chi connectivity index (χ4n) is 0. The molecule has 0 unspecified atom stereocenters. The molecule has 0 aliphatic heterocycles. The second-order valence-corrected chi connectivity index (χ2v) is 0. The van der Waals surface area contributed by atoms with Crippen molar-refractivity contribution in [3.8, 4) is 0 Å². The number of hydrogen-bond acceptors (Lipinski definition) is 0. The molecule has 0 spiro atoms. The molecule has 32 valence electrons. The van der Waals surface area contributed by atoms with Gasteiger partial charge in [0.05, 0.1) is 0 Å². The quantitative estimate of drug-likeness (QED) is 0.355.